The van der Waals surface area contributed by atoms with Crippen LogP contribution in [0.2, 0.25) is 0 Å². The smallest absolute Gasteiger partial charge is 0.466 e. The van der Waals surface area contributed by atoms with Crippen molar-refractivity contribution in [2.45, 2.75) is 33.6 Å². The summed E-state index contributed by atoms with van der Waals surface area (Å²) in [5.74, 6) is -2.20. The zero-order valence-electron chi connectivity index (χ0n) is 15.4. The number of benzene rings is 1. The zero-order chi connectivity index (χ0) is 18.0. The molecule has 0 N–H and O–H groups in total. The third-order valence-corrected chi connectivity index (χ3v) is 3.43. The Bertz CT molecular complexity index is 540. The molecule has 0 atom stereocenters. The van der Waals surface area contributed by atoms with Crippen LogP contribution in [0.15, 0.2) is 30.3 Å². The van der Waals surface area contributed by atoms with Gasteiger partial charge in [-0.1, -0.05) is 30.3 Å². The summed E-state index contributed by atoms with van der Waals surface area (Å²) in [6, 6.07) is 8.96. The van der Waals surface area contributed by atoms with Gasteiger partial charge in [-0.2, -0.15) is 0 Å². The molecular weight excluding hydrogens is 335 g/mol. The largest absolute Gasteiger partial charge is 1.00 e. The fourth-order valence-electron chi connectivity index (χ4n) is 2.38. The molecule has 7 heteroatoms. The molecule has 132 valence electrons. The van der Waals surface area contributed by atoms with Gasteiger partial charge in [0, 0.05) is 0 Å². The van der Waals surface area contributed by atoms with E-state index in [0.717, 1.165) is 5.56 Å². The molecule has 0 saturated carbocycles. The second-order valence-electron chi connectivity index (χ2n) is 5.17. The molecule has 0 aliphatic rings. The van der Waals surface area contributed by atoms with Gasteiger partial charge in [0.25, 0.3) is 0 Å². The van der Waals surface area contributed by atoms with Gasteiger partial charge in [-0.25, -0.2) is 0 Å². The second-order valence-corrected chi connectivity index (χ2v) is 5.17. The van der Waals surface area contributed by atoms with Crippen molar-refractivity contribution in [2.24, 2.45) is 5.41 Å². The maximum Gasteiger partial charge on any atom is 1.00 e. The van der Waals surface area contributed by atoms with E-state index in [-0.39, 0.29) is 55.8 Å². The predicted molar refractivity (Wildman–Crippen MR) is 87.1 cm³/mol. The molecule has 0 spiro atoms. The minimum atomic E-state index is -1.75. The van der Waals surface area contributed by atoms with Gasteiger partial charge in [0.05, 0.1) is 26.2 Å². The Labute approximate surface area is 170 Å². The van der Waals surface area contributed by atoms with E-state index in [2.05, 4.69) is 0 Å². The van der Waals surface area contributed by atoms with Crippen molar-refractivity contribution in [1.29, 1.82) is 0 Å². The monoisotopic (exact) mass is 359 g/mol. The van der Waals surface area contributed by atoms with Gasteiger partial charge >= 0.3 is 47.5 Å². The fourth-order valence-corrected chi connectivity index (χ4v) is 2.38. The maximum absolute atomic E-state index is 12.6. The van der Waals surface area contributed by atoms with E-state index in [9.17, 15) is 14.4 Å². The Hall–Kier alpha value is -1.37. The van der Waals surface area contributed by atoms with Gasteiger partial charge < -0.3 is 14.2 Å². The van der Waals surface area contributed by atoms with Crippen LogP contribution in [0.3, 0.4) is 0 Å². The van der Waals surface area contributed by atoms with E-state index in [0.29, 0.717) is 0 Å². The predicted octanol–water partition coefficient (Wildman–Crippen LogP) is -0.701. The van der Waals surface area contributed by atoms with Crippen LogP contribution in [0, 0.1) is 5.41 Å². The Balaban J connectivity index is 0.00000576. The summed E-state index contributed by atoms with van der Waals surface area (Å²) < 4.78 is 15.1. The van der Waals surface area contributed by atoms with E-state index in [1.807, 2.05) is 6.07 Å². The third kappa shape index (κ3) is 6.80. The summed E-state index contributed by atoms with van der Waals surface area (Å²) in [6.07, 6.45) is -0.419. The Morgan fingerprint density at radius 3 is 1.76 bits per heavy atom. The molecule has 0 fully saturated rings. The molecule has 0 radical (unpaired) electrons. The number of carbonyl (C=O) groups is 3. The molecule has 0 heterocycles. The first-order chi connectivity index (χ1) is 11.5. The van der Waals surface area contributed by atoms with Crippen LogP contribution in [0.4, 0.5) is 0 Å². The van der Waals surface area contributed by atoms with Gasteiger partial charge in [0.15, 0.2) is 5.41 Å². The normalized spacial score (nSPS) is 10.4. The number of hydrogen-bond acceptors (Lipinski definition) is 6. The van der Waals surface area contributed by atoms with Crippen LogP contribution in [0.25, 0.3) is 0 Å². The summed E-state index contributed by atoms with van der Waals surface area (Å²) >= 11 is 0. The third-order valence-electron chi connectivity index (χ3n) is 3.43. The van der Waals surface area contributed by atoms with E-state index in [1.165, 1.54) is 0 Å². The Kier molecular flexibility index (Phi) is 11.4. The quantitative estimate of drug-likeness (QED) is 0.251. The molecule has 25 heavy (non-hydrogen) atoms. The standard InChI is InChI=1S/C18H24O6.Na/c1-4-22-15(19)13-18(16(20)23-5-2,17(21)24-6-3)12-14-10-8-7-9-11-14;/h7-11H,4-6,12-13H2,1-3H3;/q;+1. The number of carbonyl (C=O) groups excluding carboxylic acids is 3. The first kappa shape index (κ1) is 23.6. The minimum Gasteiger partial charge on any atom is -0.466 e. The van der Waals surface area contributed by atoms with Crippen molar-refractivity contribution >= 4 is 17.9 Å². The number of rotatable bonds is 9. The van der Waals surface area contributed by atoms with Crippen LogP contribution < -0.4 is 29.6 Å². The molecule has 0 bridgehead atoms. The number of hydrogen-bond donors (Lipinski definition) is 0. The first-order valence-electron chi connectivity index (χ1n) is 8.04. The van der Waals surface area contributed by atoms with Crippen LogP contribution in [0.1, 0.15) is 32.8 Å². The van der Waals surface area contributed by atoms with E-state index in [1.54, 1.807) is 45.0 Å². The molecule has 0 saturated heterocycles. The van der Waals surface area contributed by atoms with Crippen LogP contribution in [0.5, 0.6) is 0 Å². The van der Waals surface area contributed by atoms with Gasteiger partial charge in [-0.15, -0.1) is 0 Å². The molecule has 6 nitrogen and oxygen atoms in total. The van der Waals surface area contributed by atoms with Crippen molar-refractivity contribution in [2.75, 3.05) is 19.8 Å². The van der Waals surface area contributed by atoms with Crippen molar-refractivity contribution in [3.63, 3.8) is 0 Å². The average molecular weight is 359 g/mol. The summed E-state index contributed by atoms with van der Waals surface area (Å²) in [6.45, 7) is 5.29. The Morgan fingerprint density at radius 2 is 1.32 bits per heavy atom. The van der Waals surface area contributed by atoms with Crippen molar-refractivity contribution < 1.29 is 58.2 Å². The molecule has 0 aliphatic carbocycles. The van der Waals surface area contributed by atoms with Gasteiger partial charge in [0.2, 0.25) is 0 Å². The topological polar surface area (TPSA) is 78.9 Å². The molecule has 1 aromatic carbocycles. The van der Waals surface area contributed by atoms with Gasteiger partial charge in [-0.05, 0) is 32.8 Å². The van der Waals surface area contributed by atoms with Crippen molar-refractivity contribution in [3.05, 3.63) is 35.9 Å². The fraction of sp³-hybridized carbons (Fsp3) is 0.500. The van der Waals surface area contributed by atoms with Crippen molar-refractivity contribution in [3.8, 4) is 0 Å². The molecule has 0 aromatic heterocycles. The summed E-state index contributed by atoms with van der Waals surface area (Å²) in [5.41, 5.74) is -1.03. The minimum absolute atomic E-state index is 0. The van der Waals surface area contributed by atoms with Crippen molar-refractivity contribution in [1.82, 2.24) is 0 Å². The second kappa shape index (κ2) is 12.1. The SMILES string of the molecule is CCOC(=O)CC(Cc1ccccc1)(C(=O)OCC)C(=O)OCC.[Na+]. The van der Waals surface area contributed by atoms with Crippen LogP contribution >= 0.6 is 0 Å². The van der Waals surface area contributed by atoms with E-state index >= 15 is 0 Å². The van der Waals surface area contributed by atoms with Crippen LogP contribution in [-0.2, 0) is 35.0 Å². The molecule has 1 rings (SSSR count). The molecule has 0 aliphatic heterocycles. The van der Waals surface area contributed by atoms with Gasteiger partial charge in [-0.3, -0.25) is 14.4 Å². The molecule has 0 amide bonds. The number of esters is 3. The zero-order valence-corrected chi connectivity index (χ0v) is 17.4. The average Bonchev–Trinajstić information content (AvgIpc) is 2.55. The summed E-state index contributed by atoms with van der Waals surface area (Å²) in [5, 5.41) is 0. The van der Waals surface area contributed by atoms with Crippen LogP contribution in [-0.4, -0.2) is 37.7 Å². The maximum atomic E-state index is 12.6. The number of ether oxygens (including phenoxy) is 3. The summed E-state index contributed by atoms with van der Waals surface area (Å²) in [4.78, 5) is 37.2. The molecule has 1 aromatic rings. The molecule has 0 unspecified atom stereocenters. The summed E-state index contributed by atoms with van der Waals surface area (Å²) in [7, 11) is 0. The van der Waals surface area contributed by atoms with E-state index < -0.39 is 29.7 Å². The van der Waals surface area contributed by atoms with Gasteiger partial charge in [0.1, 0.15) is 0 Å². The molecular formula is C18H24NaO6+. The Morgan fingerprint density at radius 1 is 0.840 bits per heavy atom. The van der Waals surface area contributed by atoms with E-state index in [4.69, 9.17) is 14.2 Å². The first-order valence-corrected chi connectivity index (χ1v) is 8.04.